The second kappa shape index (κ2) is 6.12. The largest absolute Gasteiger partial charge is 0.497 e. The van der Waals surface area contributed by atoms with Crippen LogP contribution in [-0.2, 0) is 11.2 Å². The summed E-state index contributed by atoms with van der Waals surface area (Å²) in [6.07, 6.45) is 1.48. The molecule has 0 heterocycles. The third-order valence-corrected chi connectivity index (χ3v) is 2.56. The molecule has 0 spiro atoms. The summed E-state index contributed by atoms with van der Waals surface area (Å²) in [5.41, 5.74) is 2.78. The first-order valence-electron chi connectivity index (χ1n) is 5.24. The zero-order chi connectivity index (χ0) is 12.0. The molecule has 0 saturated heterocycles. The normalized spacial score (nSPS) is 11.9. The van der Waals surface area contributed by atoms with Crippen LogP contribution in [0.3, 0.4) is 0 Å². The Morgan fingerprint density at radius 1 is 1.56 bits per heavy atom. The quantitative estimate of drug-likeness (QED) is 0.590. The number of benzene rings is 1. The number of amides is 1. The maximum absolute atomic E-state index is 11.1. The Balaban J connectivity index is 2.51. The predicted molar refractivity (Wildman–Crippen MR) is 60.4 cm³/mol. The molecule has 1 rings (SSSR count). The molecule has 0 aliphatic rings. The van der Waals surface area contributed by atoms with Gasteiger partial charge in [0, 0.05) is 5.92 Å². The predicted octanol–water partition coefficient (Wildman–Crippen LogP) is 1.77. The molecular weight excluding hydrogens is 206 g/mol. The SMILES string of the molecule is COc1cccc(CCC(C)C(=O)NO)c1. The lowest BCUT2D eigenvalue weighted by atomic mass is 10.0. The van der Waals surface area contributed by atoms with Crippen molar-refractivity contribution < 1.29 is 14.7 Å². The van der Waals surface area contributed by atoms with Gasteiger partial charge in [-0.2, -0.15) is 0 Å². The van der Waals surface area contributed by atoms with Gasteiger partial charge in [0.05, 0.1) is 7.11 Å². The van der Waals surface area contributed by atoms with Crippen LogP contribution in [0.1, 0.15) is 18.9 Å². The van der Waals surface area contributed by atoms with Crippen LogP contribution in [0.5, 0.6) is 5.75 Å². The molecule has 0 aliphatic carbocycles. The van der Waals surface area contributed by atoms with Crippen LogP contribution in [-0.4, -0.2) is 18.2 Å². The number of nitrogens with one attached hydrogen (secondary N) is 1. The van der Waals surface area contributed by atoms with Crippen LogP contribution in [0, 0.1) is 5.92 Å². The van der Waals surface area contributed by atoms with E-state index in [0.717, 1.165) is 17.7 Å². The molecule has 4 nitrogen and oxygen atoms in total. The maximum Gasteiger partial charge on any atom is 0.246 e. The van der Waals surface area contributed by atoms with Crippen LogP contribution in [0.15, 0.2) is 24.3 Å². The van der Waals surface area contributed by atoms with Crippen molar-refractivity contribution in [1.29, 1.82) is 0 Å². The molecule has 2 N–H and O–H groups in total. The molecule has 1 atom stereocenters. The molecule has 4 heteroatoms. The highest BCUT2D eigenvalue weighted by Gasteiger charge is 2.11. The summed E-state index contributed by atoms with van der Waals surface area (Å²) in [4.78, 5) is 11.1. The minimum Gasteiger partial charge on any atom is -0.497 e. The number of hydroxylamine groups is 1. The first-order valence-corrected chi connectivity index (χ1v) is 5.24. The molecule has 88 valence electrons. The van der Waals surface area contributed by atoms with Crippen molar-refractivity contribution >= 4 is 5.91 Å². The molecule has 0 fully saturated rings. The number of rotatable bonds is 5. The van der Waals surface area contributed by atoms with Crippen LogP contribution >= 0.6 is 0 Å². The highest BCUT2D eigenvalue weighted by Crippen LogP contribution is 2.15. The van der Waals surface area contributed by atoms with Gasteiger partial charge in [-0.1, -0.05) is 19.1 Å². The van der Waals surface area contributed by atoms with Crippen LogP contribution in [0.4, 0.5) is 0 Å². The fourth-order valence-electron chi connectivity index (χ4n) is 1.45. The standard InChI is InChI=1S/C12H17NO3/c1-9(12(14)13-15)6-7-10-4-3-5-11(8-10)16-2/h3-5,8-9,15H,6-7H2,1-2H3,(H,13,14). The zero-order valence-corrected chi connectivity index (χ0v) is 9.56. The molecule has 0 aromatic heterocycles. The van der Waals surface area contributed by atoms with Crippen molar-refractivity contribution in [3.8, 4) is 5.75 Å². The smallest absolute Gasteiger partial charge is 0.246 e. The van der Waals surface area contributed by atoms with Crippen LogP contribution in [0.25, 0.3) is 0 Å². The lowest BCUT2D eigenvalue weighted by molar-refractivity contribution is -0.133. The molecule has 0 saturated carbocycles. The molecule has 0 aliphatic heterocycles. The number of methoxy groups -OCH3 is 1. The van der Waals surface area contributed by atoms with Gasteiger partial charge < -0.3 is 4.74 Å². The lowest BCUT2D eigenvalue weighted by Crippen LogP contribution is -2.26. The van der Waals surface area contributed by atoms with E-state index in [-0.39, 0.29) is 11.8 Å². The molecule has 1 unspecified atom stereocenters. The Labute approximate surface area is 95.2 Å². The first kappa shape index (κ1) is 12.5. The fourth-order valence-corrected chi connectivity index (χ4v) is 1.45. The Hall–Kier alpha value is -1.55. The molecule has 1 aromatic carbocycles. The van der Waals surface area contributed by atoms with Gasteiger partial charge in [0.2, 0.25) is 5.91 Å². The van der Waals surface area contributed by atoms with Gasteiger partial charge in [-0.25, -0.2) is 5.48 Å². The summed E-state index contributed by atoms with van der Waals surface area (Å²) in [5, 5.41) is 8.47. The van der Waals surface area contributed by atoms with E-state index in [9.17, 15) is 4.79 Å². The Morgan fingerprint density at radius 2 is 2.31 bits per heavy atom. The van der Waals surface area contributed by atoms with E-state index < -0.39 is 0 Å². The molecule has 0 bridgehead atoms. The molecule has 0 radical (unpaired) electrons. The van der Waals surface area contributed by atoms with E-state index in [0.29, 0.717) is 6.42 Å². The highest BCUT2D eigenvalue weighted by atomic mass is 16.5. The summed E-state index contributed by atoms with van der Waals surface area (Å²) in [5.74, 6) is 0.274. The van der Waals surface area contributed by atoms with Crippen molar-refractivity contribution in [3.05, 3.63) is 29.8 Å². The van der Waals surface area contributed by atoms with E-state index >= 15 is 0 Å². The van der Waals surface area contributed by atoms with Gasteiger partial charge in [-0.05, 0) is 30.5 Å². The zero-order valence-electron chi connectivity index (χ0n) is 9.56. The van der Waals surface area contributed by atoms with Crippen molar-refractivity contribution in [2.24, 2.45) is 5.92 Å². The van der Waals surface area contributed by atoms with Gasteiger partial charge in [-0.3, -0.25) is 10.0 Å². The van der Waals surface area contributed by atoms with Crippen LogP contribution < -0.4 is 10.2 Å². The molecule has 16 heavy (non-hydrogen) atoms. The highest BCUT2D eigenvalue weighted by molar-refractivity contribution is 5.76. The minimum absolute atomic E-state index is 0.198. The third-order valence-electron chi connectivity index (χ3n) is 2.56. The van der Waals surface area contributed by atoms with Gasteiger partial charge in [0.15, 0.2) is 0 Å². The number of carbonyl (C=O) groups is 1. The van der Waals surface area contributed by atoms with Gasteiger partial charge in [0.25, 0.3) is 0 Å². The molecule has 1 amide bonds. The van der Waals surface area contributed by atoms with Gasteiger partial charge in [-0.15, -0.1) is 0 Å². The van der Waals surface area contributed by atoms with E-state index in [2.05, 4.69) is 0 Å². The summed E-state index contributed by atoms with van der Waals surface area (Å²) in [7, 11) is 1.63. The fraction of sp³-hybridized carbons (Fsp3) is 0.417. The van der Waals surface area contributed by atoms with Crippen molar-refractivity contribution in [3.63, 3.8) is 0 Å². The third kappa shape index (κ3) is 3.55. The molecule has 1 aromatic rings. The average molecular weight is 223 g/mol. The number of aryl methyl sites for hydroxylation is 1. The first-order chi connectivity index (χ1) is 7.67. The summed E-state index contributed by atoms with van der Waals surface area (Å²) in [6, 6.07) is 7.74. The Bertz CT molecular complexity index is 352. The van der Waals surface area contributed by atoms with Gasteiger partial charge >= 0.3 is 0 Å². The number of hydrogen-bond donors (Lipinski definition) is 2. The van der Waals surface area contributed by atoms with E-state index in [1.807, 2.05) is 24.3 Å². The van der Waals surface area contributed by atoms with E-state index in [1.54, 1.807) is 19.5 Å². The number of ether oxygens (including phenoxy) is 1. The topological polar surface area (TPSA) is 58.6 Å². The summed E-state index contributed by atoms with van der Waals surface area (Å²) in [6.45, 7) is 1.78. The van der Waals surface area contributed by atoms with Gasteiger partial charge in [0.1, 0.15) is 5.75 Å². The second-order valence-corrected chi connectivity index (χ2v) is 3.77. The van der Waals surface area contributed by atoms with Crippen molar-refractivity contribution in [2.45, 2.75) is 19.8 Å². The van der Waals surface area contributed by atoms with Crippen LogP contribution in [0.2, 0.25) is 0 Å². The lowest BCUT2D eigenvalue weighted by Gasteiger charge is -2.09. The van der Waals surface area contributed by atoms with Crippen molar-refractivity contribution in [2.75, 3.05) is 7.11 Å². The average Bonchev–Trinajstić information content (AvgIpc) is 2.35. The van der Waals surface area contributed by atoms with E-state index in [4.69, 9.17) is 9.94 Å². The molecular formula is C12H17NO3. The monoisotopic (exact) mass is 223 g/mol. The van der Waals surface area contributed by atoms with Crippen molar-refractivity contribution in [1.82, 2.24) is 5.48 Å². The van der Waals surface area contributed by atoms with E-state index in [1.165, 1.54) is 0 Å². The maximum atomic E-state index is 11.1. The minimum atomic E-state index is -0.345. The Kier molecular flexibility index (Phi) is 4.79. The summed E-state index contributed by atoms with van der Waals surface area (Å²) < 4.78 is 5.11. The Morgan fingerprint density at radius 3 is 2.94 bits per heavy atom. The number of hydrogen-bond acceptors (Lipinski definition) is 3. The second-order valence-electron chi connectivity index (χ2n) is 3.77. The number of carbonyl (C=O) groups excluding carboxylic acids is 1. The summed E-state index contributed by atoms with van der Waals surface area (Å²) >= 11 is 0.